The quantitative estimate of drug-likeness (QED) is 0.298. The van der Waals surface area contributed by atoms with E-state index in [1.165, 1.54) is 22.7 Å². The summed E-state index contributed by atoms with van der Waals surface area (Å²) in [5, 5.41) is 11.5. The Labute approximate surface area is 95.7 Å². The molecule has 1 saturated heterocycles. The highest BCUT2D eigenvalue weighted by molar-refractivity contribution is 7.86. The van der Waals surface area contributed by atoms with Crippen molar-refractivity contribution >= 4 is 16.0 Å². The van der Waals surface area contributed by atoms with Gasteiger partial charge in [0.25, 0.3) is 10.2 Å². The monoisotopic (exact) mass is 250 g/mol. The fourth-order valence-electron chi connectivity index (χ4n) is 1.69. The molecular weight excluding hydrogens is 232 g/mol. The average molecular weight is 250 g/mol. The first-order valence-corrected chi connectivity index (χ1v) is 6.44. The van der Waals surface area contributed by atoms with E-state index in [1.807, 2.05) is 0 Å². The average Bonchev–Trinajstić information content (AvgIpc) is 2.28. The largest absolute Gasteiger partial charge is 0.409 e. The number of hydrogen-bond donors (Lipinski definition) is 2. The molecule has 1 aliphatic rings. The van der Waals surface area contributed by atoms with Crippen LogP contribution in [-0.4, -0.2) is 55.3 Å². The molecule has 0 saturated carbocycles. The summed E-state index contributed by atoms with van der Waals surface area (Å²) in [6.45, 7) is 0.808. The van der Waals surface area contributed by atoms with Gasteiger partial charge < -0.3 is 10.9 Å². The molecule has 0 unspecified atom stereocenters. The molecule has 1 rings (SSSR count). The lowest BCUT2D eigenvalue weighted by molar-refractivity contribution is 0.283. The van der Waals surface area contributed by atoms with Crippen molar-refractivity contribution in [1.29, 1.82) is 0 Å². The van der Waals surface area contributed by atoms with E-state index in [9.17, 15) is 8.42 Å². The van der Waals surface area contributed by atoms with Gasteiger partial charge in [-0.15, -0.1) is 0 Å². The van der Waals surface area contributed by atoms with Gasteiger partial charge in [-0.3, -0.25) is 0 Å². The number of piperidine rings is 1. The molecule has 1 heterocycles. The van der Waals surface area contributed by atoms with Crippen LogP contribution in [0.3, 0.4) is 0 Å². The van der Waals surface area contributed by atoms with Crippen molar-refractivity contribution in [2.45, 2.75) is 12.8 Å². The van der Waals surface area contributed by atoms with E-state index < -0.39 is 10.2 Å². The third-order valence-corrected chi connectivity index (χ3v) is 4.72. The molecule has 0 aromatic carbocycles. The molecule has 0 aliphatic carbocycles. The molecule has 0 aromatic heterocycles. The van der Waals surface area contributed by atoms with Crippen molar-refractivity contribution in [2.24, 2.45) is 16.8 Å². The Kier molecular flexibility index (Phi) is 4.11. The summed E-state index contributed by atoms with van der Waals surface area (Å²) in [6.07, 6.45) is 1.17. The summed E-state index contributed by atoms with van der Waals surface area (Å²) >= 11 is 0. The van der Waals surface area contributed by atoms with E-state index in [-0.39, 0.29) is 11.8 Å². The molecular formula is C8H18N4O3S. The number of amidine groups is 1. The molecule has 3 N–H and O–H groups in total. The van der Waals surface area contributed by atoms with Gasteiger partial charge in [-0.25, -0.2) is 0 Å². The number of hydrogen-bond acceptors (Lipinski definition) is 4. The van der Waals surface area contributed by atoms with Gasteiger partial charge in [-0.2, -0.15) is 17.0 Å². The fourth-order valence-corrected chi connectivity index (χ4v) is 2.83. The zero-order chi connectivity index (χ0) is 12.3. The predicted molar refractivity (Wildman–Crippen MR) is 60.3 cm³/mol. The lowest BCUT2D eigenvalue weighted by Gasteiger charge is -2.32. The Hall–Kier alpha value is -0.860. The van der Waals surface area contributed by atoms with E-state index in [0.717, 1.165) is 0 Å². The Bertz CT molecular complexity index is 357. The van der Waals surface area contributed by atoms with Crippen molar-refractivity contribution in [3.8, 4) is 0 Å². The van der Waals surface area contributed by atoms with Crippen LogP contribution in [-0.2, 0) is 10.2 Å². The molecule has 16 heavy (non-hydrogen) atoms. The minimum Gasteiger partial charge on any atom is -0.409 e. The first-order valence-electron chi connectivity index (χ1n) is 5.04. The minimum absolute atomic E-state index is 0.0291. The third-order valence-electron chi connectivity index (χ3n) is 2.78. The maximum absolute atomic E-state index is 11.8. The summed E-state index contributed by atoms with van der Waals surface area (Å²) < 4.78 is 26.1. The topological polar surface area (TPSA) is 99.2 Å². The highest BCUT2D eigenvalue weighted by Crippen LogP contribution is 2.20. The molecule has 8 heteroatoms. The fraction of sp³-hybridized carbons (Fsp3) is 0.875. The van der Waals surface area contributed by atoms with Gasteiger partial charge in [0, 0.05) is 33.1 Å². The van der Waals surface area contributed by atoms with Crippen LogP contribution < -0.4 is 5.73 Å². The summed E-state index contributed by atoms with van der Waals surface area (Å²) in [4.78, 5) is 0. The third kappa shape index (κ3) is 2.63. The standard InChI is InChI=1S/C8H18N4O3S/c1-11(2)16(14,15)12-5-3-7(4-6-12)8(9)10-13/h7,13H,3-6H2,1-2H3,(H2,9,10). The lowest BCUT2D eigenvalue weighted by atomic mass is 9.97. The van der Waals surface area contributed by atoms with Crippen LogP contribution in [0.15, 0.2) is 5.16 Å². The van der Waals surface area contributed by atoms with Crippen molar-refractivity contribution < 1.29 is 13.6 Å². The van der Waals surface area contributed by atoms with Crippen molar-refractivity contribution in [2.75, 3.05) is 27.2 Å². The van der Waals surface area contributed by atoms with Crippen molar-refractivity contribution in [3.05, 3.63) is 0 Å². The number of nitrogens with zero attached hydrogens (tertiary/aromatic N) is 3. The van der Waals surface area contributed by atoms with Crippen LogP contribution in [0.25, 0.3) is 0 Å². The first kappa shape index (κ1) is 13.2. The van der Waals surface area contributed by atoms with Gasteiger partial charge in [-0.1, -0.05) is 5.16 Å². The van der Waals surface area contributed by atoms with E-state index in [0.29, 0.717) is 25.9 Å². The molecule has 0 bridgehead atoms. The maximum Gasteiger partial charge on any atom is 0.281 e. The van der Waals surface area contributed by atoms with E-state index >= 15 is 0 Å². The number of nitrogens with two attached hydrogens (primary N) is 1. The van der Waals surface area contributed by atoms with Gasteiger partial charge in [0.1, 0.15) is 5.84 Å². The molecule has 94 valence electrons. The van der Waals surface area contributed by atoms with Gasteiger partial charge in [-0.05, 0) is 12.8 Å². The summed E-state index contributed by atoms with van der Waals surface area (Å²) in [6, 6.07) is 0. The second kappa shape index (κ2) is 4.98. The molecule has 0 spiro atoms. The Balaban J connectivity index is 2.63. The van der Waals surface area contributed by atoms with Gasteiger partial charge in [0.2, 0.25) is 0 Å². The summed E-state index contributed by atoms with van der Waals surface area (Å²) in [7, 11) is -0.322. The van der Waals surface area contributed by atoms with Crippen LogP contribution in [0.4, 0.5) is 0 Å². The maximum atomic E-state index is 11.8. The van der Waals surface area contributed by atoms with Crippen molar-refractivity contribution in [3.63, 3.8) is 0 Å². The summed E-state index contributed by atoms with van der Waals surface area (Å²) in [5.41, 5.74) is 5.48. The predicted octanol–water partition coefficient (Wildman–Crippen LogP) is -0.749. The Morgan fingerprint density at radius 3 is 2.31 bits per heavy atom. The van der Waals surface area contributed by atoms with E-state index in [1.54, 1.807) is 0 Å². The normalized spacial score (nSPS) is 21.6. The first-order chi connectivity index (χ1) is 7.39. The van der Waals surface area contributed by atoms with Gasteiger partial charge in [0.15, 0.2) is 0 Å². The second-order valence-electron chi connectivity index (χ2n) is 3.99. The van der Waals surface area contributed by atoms with Gasteiger partial charge in [0.05, 0.1) is 0 Å². The number of oxime groups is 1. The van der Waals surface area contributed by atoms with Gasteiger partial charge >= 0.3 is 0 Å². The zero-order valence-electron chi connectivity index (χ0n) is 9.50. The summed E-state index contributed by atoms with van der Waals surface area (Å²) in [5.74, 6) is 0.153. The molecule has 0 radical (unpaired) electrons. The molecule has 1 aliphatic heterocycles. The minimum atomic E-state index is -3.33. The van der Waals surface area contributed by atoms with Crippen molar-refractivity contribution in [1.82, 2.24) is 8.61 Å². The molecule has 7 nitrogen and oxygen atoms in total. The Morgan fingerprint density at radius 1 is 1.44 bits per heavy atom. The second-order valence-corrected chi connectivity index (χ2v) is 6.13. The van der Waals surface area contributed by atoms with Crippen LogP contribution >= 0.6 is 0 Å². The smallest absolute Gasteiger partial charge is 0.281 e. The Morgan fingerprint density at radius 2 is 1.94 bits per heavy atom. The molecule has 0 atom stereocenters. The van der Waals surface area contributed by atoms with Crippen LogP contribution in [0.2, 0.25) is 0 Å². The number of rotatable bonds is 3. The van der Waals surface area contributed by atoms with E-state index in [2.05, 4.69) is 5.16 Å². The van der Waals surface area contributed by atoms with Crippen LogP contribution in [0.1, 0.15) is 12.8 Å². The van der Waals surface area contributed by atoms with Crippen LogP contribution in [0, 0.1) is 5.92 Å². The molecule has 0 aromatic rings. The SMILES string of the molecule is CN(C)S(=O)(=O)N1CCC(C(N)=NO)CC1. The lowest BCUT2D eigenvalue weighted by Crippen LogP contribution is -2.46. The highest BCUT2D eigenvalue weighted by Gasteiger charge is 2.30. The highest BCUT2D eigenvalue weighted by atomic mass is 32.2. The molecule has 1 fully saturated rings. The molecule has 0 amide bonds. The van der Waals surface area contributed by atoms with E-state index in [4.69, 9.17) is 10.9 Å². The van der Waals surface area contributed by atoms with Crippen LogP contribution in [0.5, 0.6) is 0 Å². The zero-order valence-corrected chi connectivity index (χ0v) is 10.3.